The Morgan fingerprint density at radius 3 is 2.40 bits per heavy atom. The predicted molar refractivity (Wildman–Crippen MR) is 35.1 cm³/mol. The van der Waals surface area contributed by atoms with Crippen LogP contribution in [0.1, 0.15) is 6.92 Å². The summed E-state index contributed by atoms with van der Waals surface area (Å²) in [5.74, 6) is 0. The average Bonchev–Trinajstić information content (AvgIpc) is 1.41. The zero-order valence-corrected chi connectivity index (χ0v) is 7.27. The Morgan fingerprint density at radius 1 is 1.80 bits per heavy atom. The van der Waals surface area contributed by atoms with Crippen LogP contribution in [0.5, 0.6) is 0 Å². The van der Waals surface area contributed by atoms with Gasteiger partial charge in [-0.05, 0) is 0 Å². The molecule has 5 heavy (non-hydrogen) atoms. The summed E-state index contributed by atoms with van der Waals surface area (Å²) in [6, 6.07) is 0. The van der Waals surface area contributed by atoms with Gasteiger partial charge in [0.05, 0.1) is 0 Å². The molecule has 0 rings (SSSR count). The van der Waals surface area contributed by atoms with E-state index in [4.69, 9.17) is 0 Å². The molecule has 0 saturated carbocycles. The van der Waals surface area contributed by atoms with Crippen LogP contribution in [0.3, 0.4) is 0 Å². The van der Waals surface area contributed by atoms with E-state index in [1.54, 1.807) is 0 Å². The molecule has 0 saturated heterocycles. The maximum absolute atomic E-state index is 2.43. The van der Waals surface area contributed by atoms with Crippen molar-refractivity contribution in [2.45, 2.75) is 12.1 Å². The van der Waals surface area contributed by atoms with Gasteiger partial charge in [-0.25, -0.2) is 0 Å². The molecule has 0 aromatic carbocycles. The number of hydrogen-bond donors (Lipinski definition) is 0. The van der Waals surface area contributed by atoms with Crippen LogP contribution >= 0.6 is 22.6 Å². The van der Waals surface area contributed by atoms with Gasteiger partial charge in [-0.2, -0.15) is 0 Å². The van der Waals surface area contributed by atoms with Crippen LogP contribution in [0.2, 0.25) is 5.21 Å². The summed E-state index contributed by atoms with van der Waals surface area (Å²) >= 11 is 3.16. The Balaban J connectivity index is 2.19. The molecular weight excluding hydrogens is 238 g/mol. The summed E-state index contributed by atoms with van der Waals surface area (Å²) in [4.78, 5) is 0. The number of hydrogen-bond acceptors (Lipinski definition) is 0. The molecule has 0 heterocycles. The first-order valence-corrected chi connectivity index (χ1v) is 5.79. The standard InChI is InChI=1S/C3H7AsI/c1-2-4-3-5/h2-3H2,1H3. The third-order valence-corrected chi connectivity index (χ3v) is 4.11. The maximum atomic E-state index is 2.43. The third kappa shape index (κ3) is 5.29. The van der Waals surface area contributed by atoms with E-state index in [9.17, 15) is 0 Å². The Hall–Kier alpha value is 1.29. The minimum atomic E-state index is 0.730. The molecule has 2 heteroatoms. The van der Waals surface area contributed by atoms with Gasteiger partial charge in [0, 0.05) is 0 Å². The summed E-state index contributed by atoms with van der Waals surface area (Å²) in [7, 11) is 0. The van der Waals surface area contributed by atoms with Crippen molar-refractivity contribution in [2.24, 2.45) is 0 Å². The van der Waals surface area contributed by atoms with Crippen molar-refractivity contribution in [3.63, 3.8) is 0 Å². The summed E-state index contributed by atoms with van der Waals surface area (Å²) in [6.45, 7) is 2.25. The number of alkyl halides is 1. The summed E-state index contributed by atoms with van der Waals surface area (Å²) < 4.78 is 1.41. The van der Waals surface area contributed by atoms with E-state index in [0.717, 1.165) is 15.8 Å². The molecule has 0 nitrogen and oxygen atoms in total. The van der Waals surface area contributed by atoms with Gasteiger partial charge in [0.15, 0.2) is 0 Å². The van der Waals surface area contributed by atoms with Gasteiger partial charge in [-0.3, -0.25) is 0 Å². The molecular formula is C3H7AsI. The van der Waals surface area contributed by atoms with Crippen molar-refractivity contribution < 1.29 is 0 Å². The van der Waals surface area contributed by atoms with Crippen LogP contribution in [-0.4, -0.2) is 19.0 Å². The fourth-order valence-corrected chi connectivity index (χ4v) is 2.95. The van der Waals surface area contributed by atoms with Crippen molar-refractivity contribution in [3.05, 3.63) is 0 Å². The Labute approximate surface area is 53.5 Å². The van der Waals surface area contributed by atoms with Crippen molar-refractivity contribution in [2.75, 3.05) is 3.22 Å². The van der Waals surface area contributed by atoms with Gasteiger partial charge in [-0.15, -0.1) is 0 Å². The number of rotatable bonds is 2. The molecule has 0 aromatic heterocycles. The fourth-order valence-electron chi connectivity index (χ4n) is 0.0845. The third-order valence-electron chi connectivity index (χ3n) is 0.308. The van der Waals surface area contributed by atoms with Gasteiger partial charge in [0.25, 0.3) is 0 Å². The Bertz CT molecular complexity index is 14.4. The van der Waals surface area contributed by atoms with E-state index >= 15 is 0 Å². The number of halogens is 1. The van der Waals surface area contributed by atoms with Crippen LogP contribution < -0.4 is 0 Å². The molecule has 0 amide bonds. The van der Waals surface area contributed by atoms with Crippen LogP contribution in [-0.2, 0) is 0 Å². The zero-order valence-electron chi connectivity index (χ0n) is 3.24. The average molecular weight is 245 g/mol. The molecule has 0 fully saturated rings. The second kappa shape index (κ2) is 5.29. The van der Waals surface area contributed by atoms with Crippen LogP contribution in [0.25, 0.3) is 0 Å². The molecule has 31 valence electrons. The van der Waals surface area contributed by atoms with Gasteiger partial charge < -0.3 is 0 Å². The van der Waals surface area contributed by atoms with Crippen molar-refractivity contribution in [1.29, 1.82) is 0 Å². The Kier molecular flexibility index (Phi) is 6.65. The van der Waals surface area contributed by atoms with E-state index in [1.807, 2.05) is 0 Å². The normalized spacial score (nSPS) is 10.8. The molecule has 0 spiro atoms. The SMILES string of the molecule is CC[As]CI. The topological polar surface area (TPSA) is 0 Å². The summed E-state index contributed by atoms with van der Waals surface area (Å²) in [5, 5.41) is 1.43. The predicted octanol–water partition coefficient (Wildman–Crippen LogP) is 1.52. The molecule has 1 radical (unpaired) electrons. The summed E-state index contributed by atoms with van der Waals surface area (Å²) in [6.07, 6.45) is 0. The first kappa shape index (κ1) is 6.29. The Morgan fingerprint density at radius 2 is 2.40 bits per heavy atom. The van der Waals surface area contributed by atoms with E-state index in [1.165, 1.54) is 8.42 Å². The molecule has 0 aliphatic carbocycles. The molecule has 0 aliphatic rings. The molecule has 0 aromatic rings. The zero-order chi connectivity index (χ0) is 4.12. The van der Waals surface area contributed by atoms with Crippen molar-refractivity contribution >= 4 is 38.3 Å². The first-order chi connectivity index (χ1) is 2.41. The molecule has 0 bridgehead atoms. The monoisotopic (exact) mass is 245 g/mol. The van der Waals surface area contributed by atoms with Crippen molar-refractivity contribution in [1.82, 2.24) is 0 Å². The van der Waals surface area contributed by atoms with Gasteiger partial charge in [0.2, 0.25) is 0 Å². The van der Waals surface area contributed by atoms with Crippen LogP contribution in [0, 0.1) is 0 Å². The van der Waals surface area contributed by atoms with Crippen molar-refractivity contribution in [3.8, 4) is 0 Å². The molecule has 0 atom stereocenters. The van der Waals surface area contributed by atoms with E-state index in [-0.39, 0.29) is 0 Å². The minimum absolute atomic E-state index is 0.730. The van der Waals surface area contributed by atoms with Crippen LogP contribution in [0.15, 0.2) is 0 Å². The van der Waals surface area contributed by atoms with E-state index in [2.05, 4.69) is 29.5 Å². The molecule has 0 N–H and O–H groups in total. The quantitative estimate of drug-likeness (QED) is 0.393. The first-order valence-electron chi connectivity index (χ1n) is 1.61. The van der Waals surface area contributed by atoms with Gasteiger partial charge >= 0.3 is 53.7 Å². The molecule has 0 unspecified atom stereocenters. The fraction of sp³-hybridized carbons (Fsp3) is 1.00. The molecule has 0 aliphatic heterocycles. The second-order valence-corrected chi connectivity index (χ2v) is 6.97. The summed E-state index contributed by atoms with van der Waals surface area (Å²) in [5.41, 5.74) is 0. The van der Waals surface area contributed by atoms with Gasteiger partial charge in [0.1, 0.15) is 0 Å². The van der Waals surface area contributed by atoms with E-state index < -0.39 is 0 Å². The van der Waals surface area contributed by atoms with Gasteiger partial charge in [-0.1, -0.05) is 0 Å². The van der Waals surface area contributed by atoms with E-state index in [0.29, 0.717) is 0 Å². The van der Waals surface area contributed by atoms with Crippen LogP contribution in [0.4, 0.5) is 0 Å². The second-order valence-electron chi connectivity index (χ2n) is 0.659.